The Morgan fingerprint density at radius 2 is 1.80 bits per heavy atom. The Morgan fingerprint density at radius 3 is 2.40 bits per heavy atom. The number of primary amides is 1. The summed E-state index contributed by atoms with van der Waals surface area (Å²) in [5.74, 6) is 0.0107. The third kappa shape index (κ3) is 6.00. The van der Waals surface area contributed by atoms with Gasteiger partial charge in [0.1, 0.15) is 5.75 Å². The molecular weight excluding hydrogens is 316 g/mol. The molecule has 0 saturated heterocycles. The third-order valence-corrected chi connectivity index (χ3v) is 4.15. The minimum Gasteiger partial charge on any atom is -0.506 e. The predicted molar refractivity (Wildman–Crippen MR) is 102 cm³/mol. The number of hydrogen-bond acceptors (Lipinski definition) is 4. The zero-order valence-electron chi connectivity index (χ0n) is 14.5. The van der Waals surface area contributed by atoms with Crippen LogP contribution in [0, 0.1) is 0 Å². The highest BCUT2D eigenvalue weighted by Gasteiger charge is 2.07. The Kier molecular flexibility index (Phi) is 6.65. The highest BCUT2D eigenvalue weighted by atomic mass is 16.3. The largest absolute Gasteiger partial charge is 0.506 e. The highest BCUT2D eigenvalue weighted by Crippen LogP contribution is 2.24. The maximum Gasteiger partial charge on any atom is 0.316 e. The molecule has 2 rings (SSSR count). The molecule has 0 aromatic heterocycles. The molecule has 2 aromatic rings. The number of rotatable bonds is 8. The van der Waals surface area contributed by atoms with Gasteiger partial charge in [0.05, 0.1) is 5.69 Å². The third-order valence-electron chi connectivity index (χ3n) is 4.15. The fourth-order valence-corrected chi connectivity index (χ4v) is 2.72. The zero-order valence-corrected chi connectivity index (χ0v) is 14.5. The quantitative estimate of drug-likeness (QED) is 0.437. The van der Waals surface area contributed by atoms with Gasteiger partial charge in [0.15, 0.2) is 0 Å². The van der Waals surface area contributed by atoms with E-state index in [1.165, 1.54) is 5.56 Å². The molecule has 0 fully saturated rings. The second-order valence-electron chi connectivity index (χ2n) is 6.02. The summed E-state index contributed by atoms with van der Waals surface area (Å²) in [6.45, 7) is 4.92. The van der Waals surface area contributed by atoms with Crippen molar-refractivity contribution in [2.45, 2.75) is 19.8 Å². The van der Waals surface area contributed by atoms with Crippen molar-refractivity contribution in [1.29, 1.82) is 0 Å². The molecule has 0 aliphatic heterocycles. The van der Waals surface area contributed by atoms with Crippen LogP contribution in [0.2, 0.25) is 0 Å². The van der Waals surface area contributed by atoms with E-state index in [1.807, 2.05) is 24.3 Å². The minimum absolute atomic E-state index is 0.0107. The van der Waals surface area contributed by atoms with E-state index in [0.717, 1.165) is 43.7 Å². The summed E-state index contributed by atoms with van der Waals surface area (Å²) in [4.78, 5) is 13.3. The van der Waals surface area contributed by atoms with Crippen LogP contribution in [0.1, 0.15) is 18.1 Å². The van der Waals surface area contributed by atoms with Crippen LogP contribution in [-0.4, -0.2) is 35.7 Å². The molecule has 0 heterocycles. The molecule has 0 radical (unpaired) electrons. The van der Waals surface area contributed by atoms with E-state index in [0.29, 0.717) is 5.69 Å². The first-order valence-corrected chi connectivity index (χ1v) is 8.43. The lowest BCUT2D eigenvalue weighted by atomic mass is 10.1. The molecule has 6 N–H and O–H groups in total. The standard InChI is InChI=1S/C19H26N4O2/c1-2-23(10-8-14-4-3-5-16(20)12-14)11-9-15-6-7-18(24)17(13-15)22-19(21)25/h3-7,12-13,24H,2,8-11,20H2,1H3,(H3,21,22,25). The van der Waals surface area contributed by atoms with Crippen molar-refractivity contribution in [3.8, 4) is 5.75 Å². The molecule has 6 heteroatoms. The van der Waals surface area contributed by atoms with Crippen molar-refractivity contribution in [2.75, 3.05) is 30.7 Å². The Morgan fingerprint density at radius 1 is 1.12 bits per heavy atom. The molecule has 0 spiro atoms. The molecule has 2 aromatic carbocycles. The molecule has 0 aliphatic carbocycles. The van der Waals surface area contributed by atoms with Crippen LogP contribution in [0.4, 0.5) is 16.2 Å². The summed E-state index contributed by atoms with van der Waals surface area (Å²) < 4.78 is 0. The van der Waals surface area contributed by atoms with Crippen molar-refractivity contribution in [1.82, 2.24) is 4.90 Å². The molecule has 0 atom stereocenters. The number of urea groups is 1. The lowest BCUT2D eigenvalue weighted by Crippen LogP contribution is -2.28. The maximum absolute atomic E-state index is 11.0. The first kappa shape index (κ1) is 18.6. The summed E-state index contributed by atoms with van der Waals surface area (Å²) in [5.41, 5.74) is 14.3. The monoisotopic (exact) mass is 342 g/mol. The number of aromatic hydroxyl groups is 1. The molecule has 2 amide bonds. The first-order valence-electron chi connectivity index (χ1n) is 8.43. The number of carbonyl (C=O) groups excluding carboxylic acids is 1. The van der Waals surface area contributed by atoms with Crippen LogP contribution in [0.25, 0.3) is 0 Å². The molecule has 6 nitrogen and oxygen atoms in total. The Labute approximate surface area is 148 Å². The number of phenolic OH excluding ortho intramolecular Hbond substituents is 1. The summed E-state index contributed by atoms with van der Waals surface area (Å²) in [6.07, 6.45) is 1.77. The number of benzene rings is 2. The summed E-state index contributed by atoms with van der Waals surface area (Å²) >= 11 is 0. The second kappa shape index (κ2) is 8.94. The molecular formula is C19H26N4O2. The second-order valence-corrected chi connectivity index (χ2v) is 6.02. The van der Waals surface area contributed by atoms with Gasteiger partial charge in [-0.25, -0.2) is 4.79 Å². The maximum atomic E-state index is 11.0. The SMILES string of the molecule is CCN(CCc1cccc(N)c1)CCc1ccc(O)c(NC(N)=O)c1. The van der Waals surface area contributed by atoms with Crippen LogP contribution in [0.5, 0.6) is 5.75 Å². The van der Waals surface area contributed by atoms with Crippen LogP contribution < -0.4 is 16.8 Å². The fourth-order valence-electron chi connectivity index (χ4n) is 2.72. The number of nitrogens with one attached hydrogen (secondary N) is 1. The van der Waals surface area contributed by atoms with Gasteiger partial charge in [0, 0.05) is 18.8 Å². The number of amides is 2. The van der Waals surface area contributed by atoms with Crippen molar-refractivity contribution >= 4 is 17.4 Å². The van der Waals surface area contributed by atoms with Gasteiger partial charge < -0.3 is 26.8 Å². The molecule has 0 saturated carbocycles. The summed E-state index contributed by atoms with van der Waals surface area (Å²) in [6, 6.07) is 12.5. The average Bonchev–Trinajstić information content (AvgIpc) is 2.57. The van der Waals surface area contributed by atoms with Gasteiger partial charge in [0.25, 0.3) is 0 Å². The van der Waals surface area contributed by atoms with E-state index in [9.17, 15) is 9.90 Å². The van der Waals surface area contributed by atoms with E-state index in [2.05, 4.69) is 23.2 Å². The topological polar surface area (TPSA) is 105 Å². The smallest absolute Gasteiger partial charge is 0.316 e. The first-order chi connectivity index (χ1) is 12.0. The van der Waals surface area contributed by atoms with E-state index < -0.39 is 6.03 Å². The summed E-state index contributed by atoms with van der Waals surface area (Å²) in [7, 11) is 0. The Balaban J connectivity index is 1.90. The van der Waals surface area contributed by atoms with Crippen molar-refractivity contribution in [3.05, 3.63) is 53.6 Å². The van der Waals surface area contributed by atoms with Gasteiger partial charge in [-0.1, -0.05) is 25.1 Å². The lowest BCUT2D eigenvalue weighted by Gasteiger charge is -2.20. The van der Waals surface area contributed by atoms with E-state index in [1.54, 1.807) is 12.1 Å². The molecule has 0 unspecified atom stereocenters. The number of likely N-dealkylation sites (N-methyl/N-ethyl adjacent to an activating group) is 1. The number of anilines is 2. The van der Waals surface area contributed by atoms with Crippen molar-refractivity contribution in [2.24, 2.45) is 5.73 Å². The van der Waals surface area contributed by atoms with Gasteiger partial charge in [-0.3, -0.25) is 0 Å². The number of nitrogens with zero attached hydrogens (tertiary/aromatic N) is 1. The normalized spacial score (nSPS) is 10.8. The van der Waals surface area contributed by atoms with Crippen LogP contribution >= 0.6 is 0 Å². The molecule has 0 aliphatic rings. The van der Waals surface area contributed by atoms with E-state index in [4.69, 9.17) is 11.5 Å². The highest BCUT2D eigenvalue weighted by molar-refractivity contribution is 5.89. The Hall–Kier alpha value is -2.73. The van der Waals surface area contributed by atoms with Crippen LogP contribution in [-0.2, 0) is 12.8 Å². The van der Waals surface area contributed by atoms with Gasteiger partial charge in [-0.05, 0) is 54.8 Å². The average molecular weight is 342 g/mol. The summed E-state index contributed by atoms with van der Waals surface area (Å²) in [5, 5.41) is 12.2. The number of hydrogen-bond donors (Lipinski definition) is 4. The molecule has 25 heavy (non-hydrogen) atoms. The van der Waals surface area contributed by atoms with Gasteiger partial charge in [-0.15, -0.1) is 0 Å². The van der Waals surface area contributed by atoms with Crippen molar-refractivity contribution < 1.29 is 9.90 Å². The molecule has 0 bridgehead atoms. The number of carbonyl (C=O) groups is 1. The number of nitrogens with two attached hydrogens (primary N) is 2. The number of nitrogen functional groups attached to an aromatic ring is 1. The van der Waals surface area contributed by atoms with Crippen LogP contribution in [0.3, 0.4) is 0 Å². The van der Waals surface area contributed by atoms with Gasteiger partial charge in [-0.2, -0.15) is 0 Å². The zero-order chi connectivity index (χ0) is 18.2. The Bertz CT molecular complexity index is 718. The fraction of sp³-hybridized carbons (Fsp3) is 0.316. The van der Waals surface area contributed by atoms with Gasteiger partial charge in [0.2, 0.25) is 0 Å². The van der Waals surface area contributed by atoms with E-state index >= 15 is 0 Å². The van der Waals surface area contributed by atoms with Crippen molar-refractivity contribution in [3.63, 3.8) is 0 Å². The minimum atomic E-state index is -0.690. The molecule has 134 valence electrons. The number of phenols is 1. The lowest BCUT2D eigenvalue weighted by molar-refractivity contribution is 0.259. The van der Waals surface area contributed by atoms with Crippen LogP contribution in [0.15, 0.2) is 42.5 Å². The van der Waals surface area contributed by atoms with E-state index in [-0.39, 0.29) is 5.75 Å². The van der Waals surface area contributed by atoms with Gasteiger partial charge >= 0.3 is 6.03 Å². The predicted octanol–water partition coefficient (Wildman–Crippen LogP) is 2.57.